The van der Waals surface area contributed by atoms with Crippen LogP contribution in [0.25, 0.3) is 0 Å². The summed E-state index contributed by atoms with van der Waals surface area (Å²) in [6, 6.07) is 5.86. The number of halogens is 4. The molecule has 0 aromatic heterocycles. The highest BCUT2D eigenvalue weighted by atomic mass is 79.9. The van der Waals surface area contributed by atoms with Crippen LogP contribution < -0.4 is 10.2 Å². The molecule has 21 heavy (non-hydrogen) atoms. The second kappa shape index (κ2) is 6.57. The van der Waals surface area contributed by atoms with Gasteiger partial charge in [-0.15, -0.1) is 0 Å². The number of alkyl halides is 3. The quantitative estimate of drug-likeness (QED) is 0.800. The summed E-state index contributed by atoms with van der Waals surface area (Å²) in [5.74, 6) is 0. The topological polar surface area (TPSA) is 15.3 Å². The standard InChI is InChI=1S/C15H20BrF3N2/c1-10(2)20-8-11-3-4-13(7-14(11)16)21(12-5-6-12)9-15(17,18)19/h3-4,7,10,12,20H,5-6,8-9H2,1-2H3. The van der Waals surface area contributed by atoms with Gasteiger partial charge in [0.25, 0.3) is 0 Å². The van der Waals surface area contributed by atoms with Gasteiger partial charge in [0.05, 0.1) is 0 Å². The maximum atomic E-state index is 12.7. The van der Waals surface area contributed by atoms with Crippen LogP contribution in [-0.4, -0.2) is 24.8 Å². The van der Waals surface area contributed by atoms with Gasteiger partial charge in [-0.05, 0) is 30.5 Å². The lowest BCUT2D eigenvalue weighted by Crippen LogP contribution is -2.36. The van der Waals surface area contributed by atoms with Crippen molar-refractivity contribution in [2.24, 2.45) is 0 Å². The predicted octanol–water partition coefficient (Wildman–Crippen LogP) is 4.48. The van der Waals surface area contributed by atoms with Crippen molar-refractivity contribution in [1.82, 2.24) is 5.32 Å². The number of nitrogens with one attached hydrogen (secondary N) is 1. The van der Waals surface area contributed by atoms with Crippen LogP contribution in [-0.2, 0) is 6.54 Å². The fraction of sp³-hybridized carbons (Fsp3) is 0.600. The molecule has 0 unspecified atom stereocenters. The molecule has 118 valence electrons. The molecule has 2 rings (SSSR count). The van der Waals surface area contributed by atoms with Gasteiger partial charge < -0.3 is 10.2 Å². The van der Waals surface area contributed by atoms with Crippen LogP contribution in [0.15, 0.2) is 22.7 Å². The highest BCUT2D eigenvalue weighted by molar-refractivity contribution is 9.10. The third-order valence-electron chi connectivity index (χ3n) is 3.41. The predicted molar refractivity (Wildman–Crippen MR) is 82.5 cm³/mol. The molecular weight excluding hydrogens is 345 g/mol. The smallest absolute Gasteiger partial charge is 0.359 e. The van der Waals surface area contributed by atoms with Gasteiger partial charge in [-0.3, -0.25) is 0 Å². The van der Waals surface area contributed by atoms with Gasteiger partial charge >= 0.3 is 6.18 Å². The Hall–Kier alpha value is -0.750. The van der Waals surface area contributed by atoms with Crippen LogP contribution in [0.5, 0.6) is 0 Å². The molecule has 0 radical (unpaired) electrons. The summed E-state index contributed by atoms with van der Waals surface area (Å²) in [6.45, 7) is 3.93. The average molecular weight is 365 g/mol. The van der Waals surface area contributed by atoms with Crippen LogP contribution in [0, 0.1) is 0 Å². The maximum Gasteiger partial charge on any atom is 0.405 e. The molecule has 6 heteroatoms. The Bertz CT molecular complexity index is 484. The van der Waals surface area contributed by atoms with E-state index in [-0.39, 0.29) is 6.04 Å². The molecule has 1 aliphatic rings. The van der Waals surface area contributed by atoms with Crippen LogP contribution in [0.4, 0.5) is 18.9 Å². The zero-order valence-electron chi connectivity index (χ0n) is 12.2. The Kier molecular flexibility index (Phi) is 5.20. The van der Waals surface area contributed by atoms with E-state index in [1.807, 2.05) is 6.07 Å². The van der Waals surface area contributed by atoms with Crippen molar-refractivity contribution in [2.75, 3.05) is 11.4 Å². The Morgan fingerprint density at radius 2 is 2.00 bits per heavy atom. The molecule has 1 aromatic rings. The van der Waals surface area contributed by atoms with E-state index >= 15 is 0 Å². The molecule has 1 aliphatic carbocycles. The highest BCUT2D eigenvalue weighted by Crippen LogP contribution is 2.36. The lowest BCUT2D eigenvalue weighted by atomic mass is 10.1. The molecule has 1 N–H and O–H groups in total. The number of anilines is 1. The first-order chi connectivity index (χ1) is 9.76. The van der Waals surface area contributed by atoms with Gasteiger partial charge in [-0.1, -0.05) is 35.8 Å². The first-order valence-corrected chi connectivity index (χ1v) is 7.91. The molecule has 1 fully saturated rings. The second-order valence-corrected chi connectivity index (χ2v) is 6.64. The molecule has 1 saturated carbocycles. The minimum absolute atomic E-state index is 0.0261. The van der Waals surface area contributed by atoms with E-state index in [0.29, 0.717) is 18.3 Å². The van der Waals surface area contributed by atoms with E-state index in [4.69, 9.17) is 0 Å². The Balaban J connectivity index is 2.13. The Labute approximate surface area is 131 Å². The van der Waals surface area contributed by atoms with Crippen LogP contribution in [0.3, 0.4) is 0 Å². The van der Waals surface area contributed by atoms with Crippen LogP contribution >= 0.6 is 15.9 Å². The normalized spacial score (nSPS) is 15.6. The first kappa shape index (κ1) is 16.6. The van der Waals surface area contributed by atoms with Crippen molar-refractivity contribution in [1.29, 1.82) is 0 Å². The van der Waals surface area contributed by atoms with Crippen molar-refractivity contribution in [3.05, 3.63) is 28.2 Å². The van der Waals surface area contributed by atoms with Crippen molar-refractivity contribution in [3.8, 4) is 0 Å². The minimum Gasteiger partial charge on any atom is -0.359 e. The third-order valence-corrected chi connectivity index (χ3v) is 4.14. The Morgan fingerprint density at radius 1 is 1.33 bits per heavy atom. The number of rotatable bonds is 6. The summed E-state index contributed by atoms with van der Waals surface area (Å²) in [5.41, 5.74) is 1.69. The van der Waals surface area contributed by atoms with Gasteiger partial charge in [0.2, 0.25) is 0 Å². The van der Waals surface area contributed by atoms with Crippen LogP contribution in [0.1, 0.15) is 32.3 Å². The second-order valence-electron chi connectivity index (χ2n) is 5.79. The van der Waals surface area contributed by atoms with Crippen molar-refractivity contribution >= 4 is 21.6 Å². The molecule has 2 nitrogen and oxygen atoms in total. The van der Waals surface area contributed by atoms with E-state index in [1.165, 1.54) is 4.90 Å². The van der Waals surface area contributed by atoms with Gasteiger partial charge in [0.15, 0.2) is 0 Å². The summed E-state index contributed by atoms with van der Waals surface area (Å²) in [4.78, 5) is 1.46. The molecule has 0 atom stereocenters. The van der Waals surface area contributed by atoms with Crippen molar-refractivity contribution in [2.45, 2.75) is 51.5 Å². The maximum absolute atomic E-state index is 12.7. The monoisotopic (exact) mass is 364 g/mol. The molecule has 1 aromatic carbocycles. The first-order valence-electron chi connectivity index (χ1n) is 7.11. The fourth-order valence-corrected chi connectivity index (χ4v) is 2.69. The molecule has 0 spiro atoms. The molecule has 0 saturated heterocycles. The largest absolute Gasteiger partial charge is 0.405 e. The number of benzene rings is 1. The molecule has 0 bridgehead atoms. The summed E-state index contributed by atoms with van der Waals surface area (Å²) < 4.78 is 39.0. The fourth-order valence-electron chi connectivity index (χ4n) is 2.18. The highest BCUT2D eigenvalue weighted by Gasteiger charge is 2.38. The average Bonchev–Trinajstić information content (AvgIpc) is 3.17. The summed E-state index contributed by atoms with van der Waals surface area (Å²) in [6.07, 6.45) is -2.50. The number of hydrogen-bond acceptors (Lipinski definition) is 2. The zero-order valence-corrected chi connectivity index (χ0v) is 13.8. The molecular formula is C15H20BrF3N2. The van der Waals surface area contributed by atoms with E-state index in [9.17, 15) is 13.2 Å². The van der Waals surface area contributed by atoms with E-state index in [1.54, 1.807) is 12.1 Å². The van der Waals surface area contributed by atoms with E-state index in [2.05, 4.69) is 35.1 Å². The molecule has 0 amide bonds. The SMILES string of the molecule is CC(C)NCc1ccc(N(CC(F)(F)F)C2CC2)cc1Br. The minimum atomic E-state index is -4.17. The van der Waals surface area contributed by atoms with E-state index < -0.39 is 12.7 Å². The zero-order chi connectivity index (χ0) is 15.6. The molecule has 0 aliphatic heterocycles. The third kappa shape index (κ3) is 5.18. The van der Waals surface area contributed by atoms with Gasteiger partial charge in [-0.25, -0.2) is 0 Å². The Morgan fingerprint density at radius 3 is 2.48 bits per heavy atom. The van der Waals surface area contributed by atoms with E-state index in [0.717, 1.165) is 22.9 Å². The van der Waals surface area contributed by atoms with Gasteiger partial charge in [0.1, 0.15) is 6.54 Å². The summed E-state index contributed by atoms with van der Waals surface area (Å²) >= 11 is 3.47. The van der Waals surface area contributed by atoms with Gasteiger partial charge in [-0.2, -0.15) is 13.2 Å². The van der Waals surface area contributed by atoms with Gasteiger partial charge in [0, 0.05) is 28.8 Å². The van der Waals surface area contributed by atoms with Crippen molar-refractivity contribution < 1.29 is 13.2 Å². The molecule has 0 heterocycles. The number of hydrogen-bond donors (Lipinski definition) is 1. The van der Waals surface area contributed by atoms with Crippen LogP contribution in [0.2, 0.25) is 0 Å². The summed E-state index contributed by atoms with van der Waals surface area (Å²) in [5, 5.41) is 3.30. The summed E-state index contributed by atoms with van der Waals surface area (Å²) in [7, 11) is 0. The number of nitrogens with zero attached hydrogens (tertiary/aromatic N) is 1. The van der Waals surface area contributed by atoms with Crippen molar-refractivity contribution in [3.63, 3.8) is 0 Å². The lowest BCUT2D eigenvalue weighted by molar-refractivity contribution is -0.120. The lowest BCUT2D eigenvalue weighted by Gasteiger charge is -2.26.